The van der Waals surface area contributed by atoms with Gasteiger partial charge in [0, 0.05) is 18.2 Å². The van der Waals surface area contributed by atoms with Crippen molar-refractivity contribution in [3.05, 3.63) is 38.8 Å². The number of nitrogens with one attached hydrogen (secondary N) is 1. The van der Waals surface area contributed by atoms with E-state index in [0.717, 1.165) is 0 Å². The van der Waals surface area contributed by atoms with E-state index < -0.39 is 23.6 Å². The third-order valence-corrected chi connectivity index (χ3v) is 3.96. The van der Waals surface area contributed by atoms with E-state index in [2.05, 4.69) is 15.3 Å². The van der Waals surface area contributed by atoms with Crippen LogP contribution in [0.15, 0.2) is 22.0 Å². The molecule has 0 aromatic carbocycles. The number of aliphatic hydroxyl groups excluding tert-OH is 1. The summed E-state index contributed by atoms with van der Waals surface area (Å²) in [5, 5.41) is 17.5. The summed E-state index contributed by atoms with van der Waals surface area (Å²) in [6.07, 6.45) is 2.31. The van der Waals surface area contributed by atoms with Crippen LogP contribution in [0.4, 0.5) is 0 Å². The molecule has 10 heteroatoms. The maximum atomic E-state index is 12.0. The van der Waals surface area contributed by atoms with E-state index in [4.69, 9.17) is 9.47 Å². The molecule has 0 amide bonds. The molecule has 0 saturated carbocycles. The molecule has 0 bridgehead atoms. The summed E-state index contributed by atoms with van der Waals surface area (Å²) in [7, 11) is 0. The van der Waals surface area contributed by atoms with E-state index >= 15 is 0 Å². The lowest BCUT2D eigenvalue weighted by Gasteiger charge is -2.15. The quantitative estimate of drug-likeness (QED) is 0.743. The first-order valence-electron chi connectivity index (χ1n) is 7.66. The first kappa shape index (κ1) is 16.4. The van der Waals surface area contributed by atoms with Crippen LogP contribution in [0, 0.1) is 6.92 Å². The van der Waals surface area contributed by atoms with Gasteiger partial charge >= 0.3 is 5.69 Å². The van der Waals surface area contributed by atoms with Gasteiger partial charge in [0.2, 0.25) is 0 Å². The van der Waals surface area contributed by atoms with E-state index in [1.807, 2.05) is 6.92 Å². The highest BCUT2D eigenvalue weighted by atomic mass is 16.5. The van der Waals surface area contributed by atoms with E-state index in [1.165, 1.54) is 10.8 Å². The van der Waals surface area contributed by atoms with Crippen molar-refractivity contribution < 1.29 is 14.6 Å². The van der Waals surface area contributed by atoms with Gasteiger partial charge in [-0.2, -0.15) is 0 Å². The molecule has 3 atom stereocenters. The van der Waals surface area contributed by atoms with Crippen molar-refractivity contribution >= 4 is 0 Å². The number of hydrogen-bond donors (Lipinski definition) is 2. The molecule has 0 unspecified atom stereocenters. The van der Waals surface area contributed by atoms with Gasteiger partial charge in [0.15, 0.2) is 0 Å². The van der Waals surface area contributed by atoms with Crippen molar-refractivity contribution in [1.29, 1.82) is 0 Å². The van der Waals surface area contributed by atoms with Crippen LogP contribution in [0.1, 0.15) is 31.2 Å². The van der Waals surface area contributed by atoms with Crippen LogP contribution in [0.2, 0.25) is 0 Å². The lowest BCUT2D eigenvalue weighted by molar-refractivity contribution is -0.0323. The van der Waals surface area contributed by atoms with Gasteiger partial charge < -0.3 is 14.6 Å². The summed E-state index contributed by atoms with van der Waals surface area (Å²) in [6, 6.07) is -0.305. The Bertz CT molecular complexity index is 825. The first-order chi connectivity index (χ1) is 11.5. The van der Waals surface area contributed by atoms with Gasteiger partial charge in [-0.15, -0.1) is 0 Å². The fourth-order valence-corrected chi connectivity index (χ4v) is 2.77. The average Bonchev–Trinajstić information content (AvgIpc) is 3.17. The summed E-state index contributed by atoms with van der Waals surface area (Å²) in [4.78, 5) is 25.8. The Labute approximate surface area is 136 Å². The Hall–Kier alpha value is -2.46. The van der Waals surface area contributed by atoms with Crippen molar-refractivity contribution in [2.45, 2.75) is 38.6 Å². The van der Waals surface area contributed by atoms with Crippen LogP contribution < -0.4 is 16.0 Å². The molecule has 1 saturated heterocycles. The Morgan fingerprint density at radius 3 is 2.96 bits per heavy atom. The Morgan fingerprint density at radius 2 is 2.25 bits per heavy atom. The van der Waals surface area contributed by atoms with E-state index in [9.17, 15) is 14.7 Å². The Morgan fingerprint density at radius 1 is 1.46 bits per heavy atom. The molecular weight excluding hydrogens is 318 g/mol. The summed E-state index contributed by atoms with van der Waals surface area (Å²) in [5.41, 5.74) is -0.578. The topological polar surface area (TPSA) is 124 Å². The van der Waals surface area contributed by atoms with Gasteiger partial charge in [-0.3, -0.25) is 14.3 Å². The standard InChI is InChI=1S/C14H19N5O5/c1-3-23-11-6-19(17-16-11)9-4-12(24-10(9)7-20)18-5-8(2)13(21)15-14(18)22/h5-6,9-10,12,20H,3-4,7H2,1-2H3,(H,15,21,22)/t9-,10+,12+/m0/s1. The van der Waals surface area contributed by atoms with Gasteiger partial charge in [0.25, 0.3) is 11.4 Å². The highest BCUT2D eigenvalue weighted by Crippen LogP contribution is 2.35. The van der Waals surface area contributed by atoms with E-state index in [-0.39, 0.29) is 12.6 Å². The zero-order valence-electron chi connectivity index (χ0n) is 13.4. The second-order valence-electron chi connectivity index (χ2n) is 5.56. The molecule has 24 heavy (non-hydrogen) atoms. The summed E-state index contributed by atoms with van der Waals surface area (Å²) in [6.45, 7) is 3.69. The SMILES string of the molecule is CCOc1cn([C@H]2C[C@H](n3cc(C)c(=O)[nH]c3=O)O[C@@H]2CO)nn1. The molecule has 1 aliphatic rings. The zero-order valence-corrected chi connectivity index (χ0v) is 13.4. The summed E-state index contributed by atoms with van der Waals surface area (Å²) in [5.74, 6) is 0.384. The largest absolute Gasteiger partial charge is 0.476 e. The van der Waals surface area contributed by atoms with Crippen LogP contribution in [-0.4, -0.2) is 49.0 Å². The number of ether oxygens (including phenoxy) is 2. The molecular formula is C14H19N5O5. The van der Waals surface area contributed by atoms with Crippen molar-refractivity contribution in [1.82, 2.24) is 24.5 Å². The second kappa shape index (κ2) is 6.57. The number of aryl methyl sites for hydroxylation is 1. The number of aromatic amines is 1. The fourth-order valence-electron chi connectivity index (χ4n) is 2.77. The maximum Gasteiger partial charge on any atom is 0.330 e. The molecule has 0 aliphatic carbocycles. The lowest BCUT2D eigenvalue weighted by Crippen LogP contribution is -2.33. The molecule has 0 spiro atoms. The number of H-pyrrole nitrogens is 1. The maximum absolute atomic E-state index is 12.0. The molecule has 2 aromatic heterocycles. The summed E-state index contributed by atoms with van der Waals surface area (Å²) >= 11 is 0. The Balaban J connectivity index is 1.87. The van der Waals surface area contributed by atoms with Crippen LogP contribution in [-0.2, 0) is 4.74 Å². The Kier molecular flexibility index (Phi) is 4.49. The van der Waals surface area contributed by atoms with Gasteiger partial charge in [0.05, 0.1) is 25.5 Å². The molecule has 0 radical (unpaired) electrons. The van der Waals surface area contributed by atoms with Crippen LogP contribution in [0.3, 0.4) is 0 Å². The number of hydrogen-bond acceptors (Lipinski definition) is 7. The predicted molar refractivity (Wildman–Crippen MR) is 81.9 cm³/mol. The molecule has 2 N–H and O–H groups in total. The number of aromatic nitrogens is 5. The number of rotatable bonds is 5. The van der Waals surface area contributed by atoms with Crippen LogP contribution >= 0.6 is 0 Å². The smallest absolute Gasteiger partial charge is 0.330 e. The normalized spacial score (nSPS) is 23.5. The van der Waals surface area contributed by atoms with Crippen molar-refractivity contribution in [2.75, 3.05) is 13.2 Å². The minimum absolute atomic E-state index is 0.234. The molecule has 3 heterocycles. The number of aliphatic hydroxyl groups is 1. The second-order valence-corrected chi connectivity index (χ2v) is 5.56. The van der Waals surface area contributed by atoms with Gasteiger partial charge in [0.1, 0.15) is 12.3 Å². The lowest BCUT2D eigenvalue weighted by atomic mass is 10.1. The van der Waals surface area contributed by atoms with Crippen molar-refractivity contribution in [3.63, 3.8) is 0 Å². The molecule has 130 valence electrons. The minimum Gasteiger partial charge on any atom is -0.476 e. The van der Waals surface area contributed by atoms with E-state index in [1.54, 1.807) is 17.8 Å². The molecule has 1 fully saturated rings. The molecule has 1 aliphatic heterocycles. The highest BCUT2D eigenvalue weighted by Gasteiger charge is 2.38. The first-order valence-corrected chi connectivity index (χ1v) is 7.66. The van der Waals surface area contributed by atoms with Gasteiger partial charge in [-0.1, -0.05) is 10.3 Å². The molecule has 3 rings (SSSR count). The van der Waals surface area contributed by atoms with Crippen LogP contribution in [0.25, 0.3) is 0 Å². The molecule has 2 aromatic rings. The van der Waals surface area contributed by atoms with Gasteiger partial charge in [-0.05, 0) is 13.8 Å². The monoisotopic (exact) mass is 337 g/mol. The van der Waals surface area contributed by atoms with Crippen molar-refractivity contribution in [2.24, 2.45) is 0 Å². The van der Waals surface area contributed by atoms with Crippen molar-refractivity contribution in [3.8, 4) is 5.88 Å². The predicted octanol–water partition coefficient (Wildman–Crippen LogP) is -0.644. The van der Waals surface area contributed by atoms with Gasteiger partial charge in [-0.25, -0.2) is 9.48 Å². The van der Waals surface area contributed by atoms with E-state index in [0.29, 0.717) is 24.5 Å². The average molecular weight is 337 g/mol. The third kappa shape index (κ3) is 2.97. The fraction of sp³-hybridized carbons (Fsp3) is 0.571. The number of nitrogens with zero attached hydrogens (tertiary/aromatic N) is 4. The third-order valence-electron chi connectivity index (χ3n) is 3.96. The highest BCUT2D eigenvalue weighted by molar-refractivity contribution is 5.04. The van der Waals surface area contributed by atoms with Crippen LogP contribution in [0.5, 0.6) is 5.88 Å². The molecule has 10 nitrogen and oxygen atoms in total. The summed E-state index contributed by atoms with van der Waals surface area (Å²) < 4.78 is 13.9. The minimum atomic E-state index is -0.616. The zero-order chi connectivity index (χ0) is 17.3.